The van der Waals surface area contributed by atoms with Crippen LogP contribution in [0.3, 0.4) is 0 Å². The van der Waals surface area contributed by atoms with Crippen molar-refractivity contribution >= 4 is 30.7 Å². The molecule has 2 atom stereocenters. The first-order chi connectivity index (χ1) is 8.75. The summed E-state index contributed by atoms with van der Waals surface area (Å²) < 4.78 is 2.08. The van der Waals surface area contributed by atoms with Gasteiger partial charge in [0.05, 0.1) is 6.33 Å². The predicted molar refractivity (Wildman–Crippen MR) is 82.5 cm³/mol. The Kier molecular flexibility index (Phi) is 6.30. The molecule has 2 unspecified atom stereocenters. The van der Waals surface area contributed by atoms with E-state index in [1.165, 1.54) is 5.69 Å². The molecule has 1 aromatic heterocycles. The Bertz CT molecular complexity index is 447. The SMILES string of the molecule is Cl.Cl.Cn1cncc1C1CNCC1CNC(=O)C1CC1. The summed E-state index contributed by atoms with van der Waals surface area (Å²) in [7, 11) is 2.03. The van der Waals surface area contributed by atoms with Crippen LogP contribution in [-0.4, -0.2) is 35.1 Å². The van der Waals surface area contributed by atoms with Crippen LogP contribution in [0.4, 0.5) is 0 Å². The number of hydrogen-bond acceptors (Lipinski definition) is 3. The predicted octanol–water partition coefficient (Wildman–Crippen LogP) is 1.09. The number of rotatable bonds is 4. The summed E-state index contributed by atoms with van der Waals surface area (Å²) in [5, 5.41) is 6.50. The molecule has 0 spiro atoms. The second-order valence-electron chi connectivity index (χ2n) is 5.47. The van der Waals surface area contributed by atoms with Crippen molar-refractivity contribution in [2.24, 2.45) is 18.9 Å². The highest BCUT2D eigenvalue weighted by Crippen LogP contribution is 2.30. The van der Waals surface area contributed by atoms with Crippen molar-refractivity contribution in [2.75, 3.05) is 19.6 Å². The van der Waals surface area contributed by atoms with Gasteiger partial charge in [0.1, 0.15) is 0 Å². The molecule has 5 nitrogen and oxygen atoms in total. The van der Waals surface area contributed by atoms with E-state index in [0.29, 0.717) is 17.8 Å². The largest absolute Gasteiger partial charge is 0.356 e. The number of imidazole rings is 1. The van der Waals surface area contributed by atoms with Crippen LogP contribution in [0, 0.1) is 11.8 Å². The summed E-state index contributed by atoms with van der Waals surface area (Å²) in [6, 6.07) is 0. The molecular weight excluding hydrogens is 299 g/mol. The summed E-state index contributed by atoms with van der Waals surface area (Å²) in [6.07, 6.45) is 5.92. The summed E-state index contributed by atoms with van der Waals surface area (Å²) in [5.74, 6) is 1.47. The number of aromatic nitrogens is 2. The molecule has 1 saturated heterocycles. The maximum absolute atomic E-state index is 11.7. The summed E-state index contributed by atoms with van der Waals surface area (Å²) in [6.45, 7) is 2.72. The Morgan fingerprint density at radius 3 is 2.80 bits per heavy atom. The normalized spacial score (nSPS) is 24.6. The maximum Gasteiger partial charge on any atom is 0.223 e. The topological polar surface area (TPSA) is 59.0 Å². The lowest BCUT2D eigenvalue weighted by Gasteiger charge is -2.19. The van der Waals surface area contributed by atoms with Crippen LogP contribution in [-0.2, 0) is 11.8 Å². The van der Waals surface area contributed by atoms with E-state index in [2.05, 4.69) is 20.2 Å². The van der Waals surface area contributed by atoms with E-state index < -0.39 is 0 Å². The quantitative estimate of drug-likeness (QED) is 0.873. The van der Waals surface area contributed by atoms with E-state index in [1.807, 2.05) is 19.6 Å². The number of halogens is 2. The molecule has 3 rings (SSSR count). The standard InChI is InChI=1S/C13H20N4O.2ClH/c1-17-8-15-7-12(17)11-6-14-4-10(11)5-16-13(18)9-2-3-9;;/h7-11,14H,2-6H2,1H3,(H,16,18);2*1H. The fraction of sp³-hybridized carbons (Fsp3) is 0.692. The molecule has 1 aliphatic heterocycles. The molecule has 20 heavy (non-hydrogen) atoms. The Hall–Kier alpha value is -0.780. The van der Waals surface area contributed by atoms with Gasteiger partial charge in [-0.05, 0) is 18.8 Å². The second-order valence-corrected chi connectivity index (χ2v) is 5.47. The van der Waals surface area contributed by atoms with Gasteiger partial charge in [-0.2, -0.15) is 0 Å². The van der Waals surface area contributed by atoms with Crippen molar-refractivity contribution in [1.82, 2.24) is 20.2 Å². The van der Waals surface area contributed by atoms with Crippen molar-refractivity contribution in [1.29, 1.82) is 0 Å². The minimum Gasteiger partial charge on any atom is -0.356 e. The Morgan fingerprint density at radius 1 is 1.45 bits per heavy atom. The van der Waals surface area contributed by atoms with Gasteiger partial charge in [-0.25, -0.2) is 4.98 Å². The molecule has 1 amide bonds. The molecule has 2 aliphatic rings. The highest BCUT2D eigenvalue weighted by molar-refractivity contribution is 5.85. The minimum absolute atomic E-state index is 0. The number of nitrogens with zero attached hydrogens (tertiary/aromatic N) is 2. The van der Waals surface area contributed by atoms with E-state index >= 15 is 0 Å². The van der Waals surface area contributed by atoms with Gasteiger partial charge in [0.2, 0.25) is 5.91 Å². The highest BCUT2D eigenvalue weighted by atomic mass is 35.5. The van der Waals surface area contributed by atoms with Crippen LogP contribution in [0.2, 0.25) is 0 Å². The van der Waals surface area contributed by atoms with E-state index in [-0.39, 0.29) is 30.7 Å². The van der Waals surface area contributed by atoms with E-state index in [4.69, 9.17) is 0 Å². The first-order valence-corrected chi connectivity index (χ1v) is 6.70. The van der Waals surface area contributed by atoms with Gasteiger partial charge in [0, 0.05) is 50.4 Å². The second kappa shape index (κ2) is 7.29. The summed E-state index contributed by atoms with van der Waals surface area (Å²) in [5.41, 5.74) is 1.26. The molecule has 0 bridgehead atoms. The number of nitrogens with one attached hydrogen (secondary N) is 2. The van der Waals surface area contributed by atoms with Crippen LogP contribution in [0.1, 0.15) is 24.5 Å². The average molecular weight is 321 g/mol. The van der Waals surface area contributed by atoms with E-state index in [0.717, 1.165) is 32.5 Å². The van der Waals surface area contributed by atoms with Crippen molar-refractivity contribution in [2.45, 2.75) is 18.8 Å². The van der Waals surface area contributed by atoms with Crippen LogP contribution in [0.25, 0.3) is 0 Å². The highest BCUT2D eigenvalue weighted by Gasteiger charge is 2.33. The third-order valence-electron chi connectivity index (χ3n) is 4.06. The van der Waals surface area contributed by atoms with Gasteiger partial charge < -0.3 is 15.2 Å². The molecule has 2 fully saturated rings. The molecular formula is C13H22Cl2N4O. The van der Waals surface area contributed by atoms with Gasteiger partial charge in [0.25, 0.3) is 0 Å². The molecule has 1 saturated carbocycles. The summed E-state index contributed by atoms with van der Waals surface area (Å²) >= 11 is 0. The maximum atomic E-state index is 11.7. The molecule has 1 aliphatic carbocycles. The van der Waals surface area contributed by atoms with Gasteiger partial charge >= 0.3 is 0 Å². The number of hydrogen-bond donors (Lipinski definition) is 2. The van der Waals surface area contributed by atoms with E-state index in [1.54, 1.807) is 0 Å². The minimum atomic E-state index is 0. The third kappa shape index (κ3) is 3.65. The Morgan fingerprint density at radius 2 is 2.20 bits per heavy atom. The monoisotopic (exact) mass is 320 g/mol. The Balaban J connectivity index is 0.000001000. The Labute approximate surface area is 131 Å². The lowest BCUT2D eigenvalue weighted by Crippen LogP contribution is -2.33. The fourth-order valence-electron chi connectivity index (χ4n) is 2.74. The zero-order valence-electron chi connectivity index (χ0n) is 11.5. The van der Waals surface area contributed by atoms with Gasteiger partial charge in [-0.15, -0.1) is 24.8 Å². The van der Waals surface area contributed by atoms with Gasteiger partial charge in [0.15, 0.2) is 0 Å². The number of carbonyl (C=O) groups is 1. The van der Waals surface area contributed by atoms with Crippen LogP contribution in [0.15, 0.2) is 12.5 Å². The molecule has 1 aromatic rings. The smallest absolute Gasteiger partial charge is 0.223 e. The van der Waals surface area contributed by atoms with Crippen molar-refractivity contribution in [3.05, 3.63) is 18.2 Å². The average Bonchev–Trinajstić information content (AvgIpc) is 2.98. The first-order valence-electron chi connectivity index (χ1n) is 6.70. The molecule has 0 radical (unpaired) electrons. The molecule has 2 N–H and O–H groups in total. The van der Waals surface area contributed by atoms with Gasteiger partial charge in [-0.3, -0.25) is 4.79 Å². The molecule has 7 heteroatoms. The first kappa shape index (κ1) is 17.3. The van der Waals surface area contributed by atoms with Crippen LogP contribution >= 0.6 is 24.8 Å². The molecule has 0 aromatic carbocycles. The number of carbonyl (C=O) groups excluding carboxylic acids is 1. The number of amides is 1. The van der Waals surface area contributed by atoms with Crippen LogP contribution in [0.5, 0.6) is 0 Å². The lowest BCUT2D eigenvalue weighted by molar-refractivity contribution is -0.122. The zero-order chi connectivity index (χ0) is 12.5. The van der Waals surface area contributed by atoms with Crippen molar-refractivity contribution in [3.8, 4) is 0 Å². The van der Waals surface area contributed by atoms with Gasteiger partial charge in [-0.1, -0.05) is 0 Å². The van der Waals surface area contributed by atoms with Crippen LogP contribution < -0.4 is 10.6 Å². The van der Waals surface area contributed by atoms with E-state index in [9.17, 15) is 4.79 Å². The summed E-state index contributed by atoms with van der Waals surface area (Å²) in [4.78, 5) is 15.9. The molecule has 114 valence electrons. The fourth-order valence-corrected chi connectivity index (χ4v) is 2.74. The number of aryl methyl sites for hydroxylation is 1. The third-order valence-corrected chi connectivity index (χ3v) is 4.06. The van der Waals surface area contributed by atoms with Crippen molar-refractivity contribution in [3.63, 3.8) is 0 Å². The van der Waals surface area contributed by atoms with Crippen molar-refractivity contribution < 1.29 is 4.79 Å². The lowest BCUT2D eigenvalue weighted by atomic mass is 9.93. The molecule has 2 heterocycles. The zero-order valence-corrected chi connectivity index (χ0v) is 13.2.